The molecule has 2 aliphatic rings. The summed E-state index contributed by atoms with van der Waals surface area (Å²) in [7, 11) is -3.73. The maximum atomic E-state index is 13.4. The summed E-state index contributed by atoms with van der Waals surface area (Å²) in [6.07, 6.45) is 1.63. The van der Waals surface area contributed by atoms with Crippen LogP contribution in [0.2, 0.25) is 0 Å². The third-order valence-corrected chi connectivity index (χ3v) is 9.86. The number of anilines is 2. The molecule has 1 aromatic heterocycles. The van der Waals surface area contributed by atoms with E-state index in [0.717, 1.165) is 45.8 Å². The standard InChI is InChI=1S/C29H21N3O3S2/c33-28(31-29-30-26-22-10-3-7-19-8-4-11-23(25(19)22)27(26)36-29)20-13-15-21(16-14-20)37(34,35)32-17-5-9-18-6-1-2-12-24(18)32/h1-4,6-8,10-16H,5,9,17H2,(H,30,31,33). The third-order valence-electron chi connectivity index (χ3n) is 7.02. The van der Waals surface area contributed by atoms with Crippen LogP contribution in [0.5, 0.6) is 0 Å². The van der Waals surface area contributed by atoms with E-state index < -0.39 is 10.0 Å². The Morgan fingerprint density at radius 2 is 1.65 bits per heavy atom. The summed E-state index contributed by atoms with van der Waals surface area (Å²) in [5.74, 6) is -0.328. The molecule has 37 heavy (non-hydrogen) atoms. The van der Waals surface area contributed by atoms with Crippen LogP contribution < -0.4 is 9.62 Å². The number of carbonyl (C=O) groups is 1. The van der Waals surface area contributed by atoms with E-state index in [9.17, 15) is 13.2 Å². The smallest absolute Gasteiger partial charge is 0.264 e. The predicted octanol–water partition coefficient (Wildman–Crippen LogP) is 6.34. The van der Waals surface area contributed by atoms with Gasteiger partial charge < -0.3 is 0 Å². The van der Waals surface area contributed by atoms with E-state index in [0.29, 0.717) is 17.2 Å². The number of aryl methyl sites for hydroxylation is 1. The monoisotopic (exact) mass is 523 g/mol. The summed E-state index contributed by atoms with van der Waals surface area (Å²) in [5, 5.41) is 5.78. The molecular formula is C29H21N3O3S2. The van der Waals surface area contributed by atoms with Crippen molar-refractivity contribution in [1.29, 1.82) is 0 Å². The minimum absolute atomic E-state index is 0.165. The Morgan fingerprint density at radius 3 is 2.46 bits per heavy atom. The lowest BCUT2D eigenvalue weighted by Gasteiger charge is -2.30. The molecule has 1 N–H and O–H groups in total. The lowest BCUT2D eigenvalue weighted by Crippen LogP contribution is -2.35. The molecule has 182 valence electrons. The van der Waals surface area contributed by atoms with Crippen molar-refractivity contribution in [2.75, 3.05) is 16.2 Å². The van der Waals surface area contributed by atoms with Gasteiger partial charge in [0.15, 0.2) is 5.13 Å². The first-order valence-corrected chi connectivity index (χ1v) is 14.3. The number of hydrogen-bond acceptors (Lipinski definition) is 5. The molecule has 0 bridgehead atoms. The number of sulfonamides is 1. The maximum Gasteiger partial charge on any atom is 0.264 e. The number of carbonyl (C=O) groups excluding carboxylic acids is 1. The van der Waals surface area contributed by atoms with Crippen LogP contribution in [-0.4, -0.2) is 25.9 Å². The number of para-hydroxylation sites is 1. The molecule has 0 atom stereocenters. The van der Waals surface area contributed by atoms with Crippen LogP contribution in [0.1, 0.15) is 22.3 Å². The maximum absolute atomic E-state index is 13.4. The first-order chi connectivity index (χ1) is 18.0. The van der Waals surface area contributed by atoms with Crippen molar-refractivity contribution >= 4 is 48.9 Å². The molecule has 2 heterocycles. The zero-order valence-electron chi connectivity index (χ0n) is 19.6. The fourth-order valence-electron chi connectivity index (χ4n) is 5.29. The highest BCUT2D eigenvalue weighted by Gasteiger charge is 2.29. The Hall–Kier alpha value is -4.01. The van der Waals surface area contributed by atoms with E-state index in [-0.39, 0.29) is 10.8 Å². The predicted molar refractivity (Wildman–Crippen MR) is 148 cm³/mol. The van der Waals surface area contributed by atoms with Gasteiger partial charge in [-0.15, -0.1) is 0 Å². The van der Waals surface area contributed by atoms with Gasteiger partial charge in [0, 0.05) is 23.2 Å². The SMILES string of the molecule is O=C(Nc1nc2c(s1)-c1cccc3cccc-2c13)c1ccc(S(=O)(=O)N2CCCc3ccccc32)cc1. The number of hydrogen-bond donors (Lipinski definition) is 1. The summed E-state index contributed by atoms with van der Waals surface area (Å²) in [4.78, 5) is 18.9. The average molecular weight is 524 g/mol. The molecular weight excluding hydrogens is 502 g/mol. The van der Waals surface area contributed by atoms with E-state index in [1.165, 1.54) is 38.5 Å². The third kappa shape index (κ3) is 3.48. The van der Waals surface area contributed by atoms with E-state index in [4.69, 9.17) is 4.98 Å². The van der Waals surface area contributed by atoms with Gasteiger partial charge in [0.2, 0.25) is 0 Å². The second kappa shape index (κ2) is 8.26. The van der Waals surface area contributed by atoms with E-state index >= 15 is 0 Å². The van der Waals surface area contributed by atoms with E-state index in [1.807, 2.05) is 36.4 Å². The van der Waals surface area contributed by atoms with Crippen molar-refractivity contribution in [2.24, 2.45) is 0 Å². The highest BCUT2D eigenvalue weighted by Crippen LogP contribution is 2.50. The van der Waals surface area contributed by atoms with Crippen LogP contribution >= 0.6 is 11.3 Å². The van der Waals surface area contributed by atoms with Gasteiger partial charge in [-0.2, -0.15) is 0 Å². The first kappa shape index (κ1) is 22.2. The number of fused-ring (bicyclic) bond motifs is 4. The molecule has 0 saturated heterocycles. The van der Waals surface area contributed by atoms with Gasteiger partial charge in [-0.3, -0.25) is 14.4 Å². The fraction of sp³-hybridized carbons (Fsp3) is 0.103. The highest BCUT2D eigenvalue weighted by molar-refractivity contribution is 7.92. The molecule has 0 unspecified atom stereocenters. The molecule has 5 aromatic rings. The van der Waals surface area contributed by atoms with Gasteiger partial charge in [-0.1, -0.05) is 65.9 Å². The van der Waals surface area contributed by atoms with Crippen molar-refractivity contribution in [2.45, 2.75) is 17.7 Å². The van der Waals surface area contributed by atoms with Crippen LogP contribution in [0.4, 0.5) is 10.8 Å². The van der Waals surface area contributed by atoms with Gasteiger partial charge >= 0.3 is 0 Å². The van der Waals surface area contributed by atoms with Crippen molar-refractivity contribution in [3.63, 3.8) is 0 Å². The van der Waals surface area contributed by atoms with Crippen molar-refractivity contribution in [3.8, 4) is 21.7 Å². The molecule has 8 heteroatoms. The van der Waals surface area contributed by atoms with Crippen molar-refractivity contribution < 1.29 is 13.2 Å². The molecule has 0 spiro atoms. The van der Waals surface area contributed by atoms with Crippen LogP contribution in [0, 0.1) is 0 Å². The van der Waals surface area contributed by atoms with Gasteiger partial charge in [0.1, 0.15) is 0 Å². The summed E-state index contributed by atoms with van der Waals surface area (Å²) in [6, 6.07) is 26.1. The summed E-state index contributed by atoms with van der Waals surface area (Å²) in [6.45, 7) is 0.438. The zero-order valence-corrected chi connectivity index (χ0v) is 21.3. The van der Waals surface area contributed by atoms with Gasteiger partial charge in [0.25, 0.3) is 15.9 Å². The van der Waals surface area contributed by atoms with Gasteiger partial charge in [-0.05, 0) is 59.5 Å². The molecule has 7 rings (SSSR count). The number of thiazole rings is 1. The van der Waals surface area contributed by atoms with Gasteiger partial charge in [-0.25, -0.2) is 13.4 Å². The Morgan fingerprint density at radius 1 is 0.892 bits per heavy atom. The Labute approximate surface area is 218 Å². The topological polar surface area (TPSA) is 79.4 Å². The first-order valence-electron chi connectivity index (χ1n) is 12.1. The minimum Gasteiger partial charge on any atom is -0.298 e. The number of rotatable bonds is 4. The van der Waals surface area contributed by atoms with Crippen LogP contribution in [0.25, 0.3) is 32.5 Å². The number of benzene rings is 4. The van der Waals surface area contributed by atoms with Crippen molar-refractivity contribution in [3.05, 3.63) is 96.1 Å². The molecule has 1 amide bonds. The number of nitrogens with one attached hydrogen (secondary N) is 1. The molecule has 1 aliphatic heterocycles. The van der Waals surface area contributed by atoms with Crippen LogP contribution in [0.15, 0.2) is 89.8 Å². The zero-order chi connectivity index (χ0) is 25.1. The number of nitrogens with zero attached hydrogens (tertiary/aromatic N) is 2. The second-order valence-electron chi connectivity index (χ2n) is 9.19. The second-order valence-corrected chi connectivity index (χ2v) is 12.1. The van der Waals surface area contributed by atoms with Crippen molar-refractivity contribution in [1.82, 2.24) is 4.98 Å². The van der Waals surface area contributed by atoms with Crippen LogP contribution in [0.3, 0.4) is 0 Å². The molecule has 1 aliphatic carbocycles. The minimum atomic E-state index is -3.73. The quantitative estimate of drug-likeness (QED) is 0.293. The lowest BCUT2D eigenvalue weighted by molar-refractivity contribution is 0.102. The van der Waals surface area contributed by atoms with E-state index in [2.05, 4.69) is 29.6 Å². The number of aromatic nitrogens is 1. The summed E-state index contributed by atoms with van der Waals surface area (Å²) < 4.78 is 28.3. The van der Waals surface area contributed by atoms with E-state index in [1.54, 1.807) is 12.1 Å². The molecule has 0 fully saturated rings. The van der Waals surface area contributed by atoms with Gasteiger partial charge in [0.05, 0.1) is 21.2 Å². The molecule has 4 aromatic carbocycles. The Kier molecular flexibility index (Phi) is 4.96. The molecule has 0 saturated carbocycles. The normalized spacial score (nSPS) is 13.9. The molecule has 6 nitrogen and oxygen atoms in total. The lowest BCUT2D eigenvalue weighted by atomic mass is 10.0. The summed E-state index contributed by atoms with van der Waals surface area (Å²) >= 11 is 1.45. The van der Waals surface area contributed by atoms with Crippen LogP contribution in [-0.2, 0) is 16.4 Å². The Balaban J connectivity index is 1.13. The fourth-order valence-corrected chi connectivity index (χ4v) is 7.84. The largest absolute Gasteiger partial charge is 0.298 e. The molecule has 0 radical (unpaired) electrons. The highest BCUT2D eigenvalue weighted by atomic mass is 32.2. The number of amides is 1. The average Bonchev–Trinajstić information content (AvgIpc) is 3.47. The summed E-state index contributed by atoms with van der Waals surface area (Å²) in [5.41, 5.74) is 5.22. The Bertz CT molecular complexity index is 1770.